The topological polar surface area (TPSA) is 23.1 Å². The summed E-state index contributed by atoms with van der Waals surface area (Å²) in [6.45, 7) is 10.4. The van der Waals surface area contributed by atoms with Crippen LogP contribution in [0.25, 0.3) is 0 Å². The summed E-state index contributed by atoms with van der Waals surface area (Å²) in [7, 11) is 0.924. The molecule has 0 saturated heterocycles. The van der Waals surface area contributed by atoms with Crippen LogP contribution in [0.15, 0.2) is 12.1 Å². The third-order valence-corrected chi connectivity index (χ3v) is 3.91. The molecule has 0 radical (unpaired) electrons. The molecule has 1 nitrogen and oxygen atoms in total. The molecule has 0 N–H and O–H groups in total. The van der Waals surface area contributed by atoms with Crippen LogP contribution in [0.2, 0.25) is 0 Å². The summed E-state index contributed by atoms with van der Waals surface area (Å²) < 4.78 is 0. The van der Waals surface area contributed by atoms with E-state index in [0.29, 0.717) is 5.92 Å². The molecule has 0 unspecified atom stereocenters. The van der Waals surface area contributed by atoms with Crippen molar-refractivity contribution in [3.8, 4) is 0 Å². The Bertz CT molecular complexity index is 382. The maximum atomic E-state index is 12.1. The lowest BCUT2D eigenvalue weighted by molar-refractivity contribution is -0.207. The second-order valence-electron chi connectivity index (χ2n) is 4.81. The maximum absolute atomic E-state index is 12.1. The molecule has 1 rings (SSSR count). The standard InChI is InChI=1S/C14H21OP/c1-9(2)8-16-14(15)13-11(4)6-10(3)7-12(13)5/h6-7,9,15H,8H2,1-5H3/p-1. The molecular formula is C14H20OP-. The summed E-state index contributed by atoms with van der Waals surface area (Å²) >= 11 is 0. The third-order valence-electron chi connectivity index (χ3n) is 2.49. The van der Waals surface area contributed by atoms with Gasteiger partial charge in [0.1, 0.15) is 0 Å². The molecule has 0 fully saturated rings. The highest BCUT2D eigenvalue weighted by Crippen LogP contribution is 2.19. The van der Waals surface area contributed by atoms with Gasteiger partial charge in [0.2, 0.25) is 0 Å². The van der Waals surface area contributed by atoms with Crippen LogP contribution in [-0.2, 0) is 0 Å². The summed E-state index contributed by atoms with van der Waals surface area (Å²) in [6, 6.07) is 4.18. The summed E-state index contributed by atoms with van der Waals surface area (Å²) in [5, 5.41) is 12.1. The van der Waals surface area contributed by atoms with Gasteiger partial charge >= 0.3 is 0 Å². The van der Waals surface area contributed by atoms with E-state index in [9.17, 15) is 5.11 Å². The van der Waals surface area contributed by atoms with Crippen LogP contribution in [0.5, 0.6) is 0 Å². The number of hydrogen-bond acceptors (Lipinski definition) is 1. The van der Waals surface area contributed by atoms with Gasteiger partial charge in [-0.25, -0.2) is 0 Å². The van der Waals surface area contributed by atoms with E-state index in [4.69, 9.17) is 0 Å². The Labute approximate surface area is 100 Å². The minimum absolute atomic E-state index is 0.267. The van der Waals surface area contributed by atoms with Crippen molar-refractivity contribution in [2.45, 2.75) is 34.6 Å². The molecule has 0 spiro atoms. The molecule has 1 aromatic rings. The summed E-state index contributed by atoms with van der Waals surface area (Å²) in [6.07, 6.45) is 0.950. The number of rotatable bonds is 3. The minimum Gasteiger partial charge on any atom is -0.824 e. The molecule has 0 atom stereocenters. The lowest BCUT2D eigenvalue weighted by atomic mass is 10.0. The van der Waals surface area contributed by atoms with Gasteiger partial charge in [0.05, 0.1) is 0 Å². The van der Waals surface area contributed by atoms with E-state index in [-0.39, 0.29) is 5.48 Å². The average molecular weight is 235 g/mol. The minimum atomic E-state index is 0.267. The van der Waals surface area contributed by atoms with E-state index in [2.05, 4.69) is 32.9 Å². The van der Waals surface area contributed by atoms with Crippen LogP contribution in [0.4, 0.5) is 0 Å². The Hall–Kier alpha value is -0.650. The molecule has 0 saturated carbocycles. The predicted octanol–water partition coefficient (Wildman–Crippen LogP) is 3.05. The van der Waals surface area contributed by atoms with Gasteiger partial charge in [-0.1, -0.05) is 31.5 Å². The number of aryl methyl sites for hydroxylation is 3. The van der Waals surface area contributed by atoms with Crippen molar-refractivity contribution in [1.82, 2.24) is 0 Å². The van der Waals surface area contributed by atoms with E-state index in [1.807, 2.05) is 13.8 Å². The van der Waals surface area contributed by atoms with Crippen molar-refractivity contribution in [2.75, 3.05) is 6.16 Å². The van der Waals surface area contributed by atoms with Gasteiger partial charge in [0.15, 0.2) is 0 Å². The average Bonchev–Trinajstić information content (AvgIpc) is 2.12. The van der Waals surface area contributed by atoms with Crippen molar-refractivity contribution >= 4 is 13.7 Å². The Morgan fingerprint density at radius 2 is 1.69 bits per heavy atom. The molecule has 0 aliphatic rings. The number of hydrogen-bond donors (Lipinski definition) is 0. The maximum Gasteiger partial charge on any atom is -0.00927 e. The van der Waals surface area contributed by atoms with Crippen molar-refractivity contribution < 1.29 is 5.11 Å². The van der Waals surface area contributed by atoms with Crippen molar-refractivity contribution in [3.63, 3.8) is 0 Å². The Kier molecular flexibility index (Phi) is 4.70. The normalized spacial score (nSPS) is 12.3. The van der Waals surface area contributed by atoms with E-state index in [0.717, 1.165) is 31.1 Å². The van der Waals surface area contributed by atoms with Gasteiger partial charge < -0.3 is 5.11 Å². The van der Waals surface area contributed by atoms with E-state index in [1.165, 1.54) is 5.56 Å². The molecule has 0 heterocycles. The summed E-state index contributed by atoms with van der Waals surface area (Å²) in [5.74, 6) is 0.580. The van der Waals surface area contributed by atoms with Crippen molar-refractivity contribution in [3.05, 3.63) is 34.4 Å². The molecule has 0 bridgehead atoms. The third kappa shape index (κ3) is 3.43. The molecule has 2 heteroatoms. The Balaban J connectivity index is 3.08. The first-order valence-electron chi connectivity index (χ1n) is 5.71. The Morgan fingerprint density at radius 1 is 1.19 bits per heavy atom. The second-order valence-corrected chi connectivity index (χ2v) is 5.90. The fraction of sp³-hybridized carbons (Fsp3) is 0.500. The van der Waals surface area contributed by atoms with Crippen LogP contribution < -0.4 is 5.11 Å². The highest BCUT2D eigenvalue weighted by atomic mass is 31.1. The smallest absolute Gasteiger partial charge is 0.00927 e. The fourth-order valence-electron chi connectivity index (χ4n) is 1.86. The second kappa shape index (κ2) is 5.61. The van der Waals surface area contributed by atoms with Crippen LogP contribution in [0, 0.1) is 26.7 Å². The van der Waals surface area contributed by atoms with Crippen LogP contribution in [-0.4, -0.2) is 11.6 Å². The summed E-state index contributed by atoms with van der Waals surface area (Å²) in [5.41, 5.74) is 4.64. The van der Waals surface area contributed by atoms with E-state index >= 15 is 0 Å². The molecule has 0 aliphatic carbocycles. The highest BCUT2D eigenvalue weighted by molar-refractivity contribution is 7.40. The monoisotopic (exact) mass is 235 g/mol. The van der Waals surface area contributed by atoms with Crippen LogP contribution >= 0.6 is 8.20 Å². The van der Waals surface area contributed by atoms with Gasteiger partial charge in [-0.3, -0.25) is 0 Å². The predicted molar refractivity (Wildman–Crippen MR) is 71.4 cm³/mol. The first-order valence-corrected chi connectivity index (χ1v) is 6.79. The zero-order valence-electron chi connectivity index (χ0n) is 10.8. The first kappa shape index (κ1) is 13.4. The van der Waals surface area contributed by atoms with Gasteiger partial charge in [-0.15, -0.1) is 13.7 Å². The zero-order valence-corrected chi connectivity index (χ0v) is 11.7. The molecule has 16 heavy (non-hydrogen) atoms. The molecule has 0 amide bonds. The van der Waals surface area contributed by atoms with E-state index in [1.54, 1.807) is 0 Å². The van der Waals surface area contributed by atoms with Crippen molar-refractivity contribution in [2.24, 2.45) is 5.92 Å². The molecule has 0 aliphatic heterocycles. The van der Waals surface area contributed by atoms with E-state index < -0.39 is 0 Å². The Morgan fingerprint density at radius 3 is 2.12 bits per heavy atom. The molecule has 0 aromatic heterocycles. The summed E-state index contributed by atoms with van der Waals surface area (Å²) in [4.78, 5) is 0. The van der Waals surface area contributed by atoms with Gasteiger partial charge in [-0.05, 0) is 49.5 Å². The SMILES string of the molecule is Cc1cc(C)c(C([O-])=PCC(C)C)c(C)c1. The molecule has 1 aromatic carbocycles. The fourth-order valence-corrected chi connectivity index (χ4v) is 2.90. The van der Waals surface area contributed by atoms with Crippen LogP contribution in [0.3, 0.4) is 0 Å². The molecule has 88 valence electrons. The number of benzene rings is 1. The highest BCUT2D eigenvalue weighted by Gasteiger charge is 2.02. The lowest BCUT2D eigenvalue weighted by Crippen LogP contribution is -2.19. The van der Waals surface area contributed by atoms with Crippen LogP contribution in [0.1, 0.15) is 36.1 Å². The zero-order chi connectivity index (χ0) is 12.3. The van der Waals surface area contributed by atoms with Gasteiger partial charge in [0.25, 0.3) is 0 Å². The van der Waals surface area contributed by atoms with Crippen molar-refractivity contribution in [1.29, 1.82) is 0 Å². The largest absolute Gasteiger partial charge is 0.824 e. The first-order chi connectivity index (χ1) is 7.41. The van der Waals surface area contributed by atoms with Gasteiger partial charge in [-0.2, -0.15) is 0 Å². The lowest BCUT2D eigenvalue weighted by Gasteiger charge is -2.19. The molecular weight excluding hydrogens is 215 g/mol. The van der Waals surface area contributed by atoms with Gasteiger partial charge in [0, 0.05) is 0 Å². The quantitative estimate of drug-likeness (QED) is 0.738.